The predicted octanol–water partition coefficient (Wildman–Crippen LogP) is 1.44. The summed E-state index contributed by atoms with van der Waals surface area (Å²) in [5.74, 6) is -0.947. The first-order valence-corrected chi connectivity index (χ1v) is 4.13. The first kappa shape index (κ1) is 10.1. The van der Waals surface area contributed by atoms with Gasteiger partial charge in [0, 0.05) is 0 Å². The van der Waals surface area contributed by atoms with Crippen molar-refractivity contribution in [3.63, 3.8) is 0 Å². The fourth-order valence-corrected chi connectivity index (χ4v) is 1.00. The Hall–Kier alpha value is -2.02. The van der Waals surface area contributed by atoms with E-state index in [2.05, 4.69) is 5.32 Å². The van der Waals surface area contributed by atoms with Crippen LogP contribution in [0.2, 0.25) is 0 Å². The lowest BCUT2D eigenvalue weighted by Crippen LogP contribution is -2.25. The number of hydrogen-bond acceptors (Lipinski definition) is 3. The van der Waals surface area contributed by atoms with Crippen molar-refractivity contribution in [3.05, 3.63) is 29.8 Å². The Morgan fingerprint density at radius 1 is 1.57 bits per heavy atom. The molecule has 2 N–H and O–H groups in total. The van der Waals surface area contributed by atoms with Gasteiger partial charge >= 0.3 is 5.97 Å². The van der Waals surface area contributed by atoms with Crippen molar-refractivity contribution in [1.29, 1.82) is 5.26 Å². The second-order valence-corrected chi connectivity index (χ2v) is 2.86. The number of rotatable bonds is 3. The van der Waals surface area contributed by atoms with Gasteiger partial charge in [-0.3, -0.25) is 4.79 Å². The van der Waals surface area contributed by atoms with Gasteiger partial charge < -0.3 is 10.4 Å². The molecule has 0 radical (unpaired) electrons. The van der Waals surface area contributed by atoms with Crippen LogP contribution in [0.5, 0.6) is 0 Å². The highest BCUT2D eigenvalue weighted by Gasteiger charge is 2.11. The molecule has 4 heteroatoms. The molecule has 0 aliphatic carbocycles. The largest absolute Gasteiger partial charge is 0.480 e. The van der Waals surface area contributed by atoms with Crippen LogP contribution in [0, 0.1) is 11.3 Å². The molecule has 0 amide bonds. The molecule has 0 fully saturated rings. The van der Waals surface area contributed by atoms with Gasteiger partial charge in [-0.2, -0.15) is 5.26 Å². The molecule has 0 heterocycles. The molecule has 0 saturated carbocycles. The third kappa shape index (κ3) is 2.23. The van der Waals surface area contributed by atoms with E-state index in [9.17, 15) is 4.79 Å². The zero-order valence-corrected chi connectivity index (χ0v) is 7.69. The van der Waals surface area contributed by atoms with E-state index in [1.54, 1.807) is 24.3 Å². The van der Waals surface area contributed by atoms with Crippen LogP contribution >= 0.6 is 0 Å². The molecule has 1 unspecified atom stereocenters. The van der Waals surface area contributed by atoms with E-state index in [1.807, 2.05) is 6.07 Å². The molecule has 1 aromatic rings. The number of hydrogen-bond donors (Lipinski definition) is 2. The van der Waals surface area contributed by atoms with Crippen molar-refractivity contribution >= 4 is 11.7 Å². The van der Waals surface area contributed by atoms with Crippen molar-refractivity contribution in [3.8, 4) is 6.07 Å². The summed E-state index contributed by atoms with van der Waals surface area (Å²) in [7, 11) is 0. The van der Waals surface area contributed by atoms with Crippen molar-refractivity contribution in [2.75, 3.05) is 5.32 Å². The summed E-state index contributed by atoms with van der Waals surface area (Å²) in [5, 5.41) is 20.1. The van der Waals surface area contributed by atoms with E-state index in [-0.39, 0.29) is 0 Å². The zero-order valence-electron chi connectivity index (χ0n) is 7.69. The normalized spacial score (nSPS) is 11.4. The molecule has 1 atom stereocenters. The first-order valence-electron chi connectivity index (χ1n) is 4.13. The van der Waals surface area contributed by atoms with Crippen molar-refractivity contribution in [1.82, 2.24) is 0 Å². The van der Waals surface area contributed by atoms with Crippen LogP contribution in [0.4, 0.5) is 5.69 Å². The van der Waals surface area contributed by atoms with E-state index >= 15 is 0 Å². The topological polar surface area (TPSA) is 73.1 Å². The fourth-order valence-electron chi connectivity index (χ4n) is 1.00. The lowest BCUT2D eigenvalue weighted by atomic mass is 10.2. The molecule has 0 aliphatic rings. The lowest BCUT2D eigenvalue weighted by molar-refractivity contribution is -0.137. The maximum Gasteiger partial charge on any atom is 0.325 e. The van der Waals surface area contributed by atoms with E-state index in [0.717, 1.165) is 0 Å². The molecule has 0 bridgehead atoms. The highest BCUT2D eigenvalue weighted by atomic mass is 16.4. The number of nitriles is 1. The maximum atomic E-state index is 10.6. The Labute approximate surface area is 81.8 Å². The van der Waals surface area contributed by atoms with Crippen LogP contribution < -0.4 is 5.32 Å². The standard InChI is InChI=1S/C10H10N2O2/c1-7(10(13)14)12-9-5-3-2-4-8(9)6-11/h2-5,7,12H,1H3,(H,13,14). The third-order valence-corrected chi connectivity index (χ3v) is 1.79. The van der Waals surface area contributed by atoms with E-state index in [1.165, 1.54) is 6.92 Å². The number of carbonyl (C=O) groups is 1. The zero-order chi connectivity index (χ0) is 10.6. The monoisotopic (exact) mass is 190 g/mol. The Bertz CT molecular complexity index is 382. The van der Waals surface area contributed by atoms with Gasteiger partial charge in [-0.15, -0.1) is 0 Å². The van der Waals surface area contributed by atoms with Gasteiger partial charge in [-0.25, -0.2) is 0 Å². The maximum absolute atomic E-state index is 10.6. The number of carboxylic acid groups (broad SMARTS) is 1. The molecule has 4 nitrogen and oxygen atoms in total. The molecule has 0 saturated heterocycles. The van der Waals surface area contributed by atoms with Gasteiger partial charge in [0.25, 0.3) is 0 Å². The van der Waals surface area contributed by atoms with E-state index in [0.29, 0.717) is 11.3 Å². The average Bonchev–Trinajstić information content (AvgIpc) is 2.18. The molecule has 0 aromatic heterocycles. The smallest absolute Gasteiger partial charge is 0.325 e. The number of aliphatic carboxylic acids is 1. The van der Waals surface area contributed by atoms with Gasteiger partial charge in [-0.05, 0) is 19.1 Å². The highest BCUT2D eigenvalue weighted by molar-refractivity contribution is 5.77. The molecule has 1 aromatic carbocycles. The Kier molecular flexibility index (Phi) is 3.08. The van der Waals surface area contributed by atoms with Crippen LogP contribution in [-0.2, 0) is 4.79 Å². The number of benzene rings is 1. The molecular formula is C10H10N2O2. The molecule has 1 rings (SSSR count). The molecular weight excluding hydrogens is 180 g/mol. The van der Waals surface area contributed by atoms with Crippen LogP contribution in [0.1, 0.15) is 12.5 Å². The number of anilines is 1. The van der Waals surface area contributed by atoms with Crippen LogP contribution in [0.25, 0.3) is 0 Å². The minimum Gasteiger partial charge on any atom is -0.480 e. The summed E-state index contributed by atoms with van der Waals surface area (Å²) in [6, 6.07) is 8.07. The van der Waals surface area contributed by atoms with Gasteiger partial charge in [-0.1, -0.05) is 12.1 Å². The van der Waals surface area contributed by atoms with Crippen LogP contribution in [0.15, 0.2) is 24.3 Å². The SMILES string of the molecule is CC(Nc1ccccc1C#N)C(=O)O. The van der Waals surface area contributed by atoms with Gasteiger partial charge in [0.15, 0.2) is 0 Å². The average molecular weight is 190 g/mol. The molecule has 72 valence electrons. The highest BCUT2D eigenvalue weighted by Crippen LogP contribution is 2.14. The van der Waals surface area contributed by atoms with Crippen molar-refractivity contribution in [2.24, 2.45) is 0 Å². The second-order valence-electron chi connectivity index (χ2n) is 2.86. The Morgan fingerprint density at radius 2 is 2.21 bits per heavy atom. The van der Waals surface area contributed by atoms with Crippen molar-refractivity contribution in [2.45, 2.75) is 13.0 Å². The third-order valence-electron chi connectivity index (χ3n) is 1.79. The van der Waals surface area contributed by atoms with Gasteiger partial charge in [0.1, 0.15) is 12.1 Å². The lowest BCUT2D eigenvalue weighted by Gasteiger charge is -2.11. The number of carboxylic acids is 1. The Morgan fingerprint density at radius 3 is 2.79 bits per heavy atom. The summed E-state index contributed by atoms with van der Waals surface area (Å²) in [6.45, 7) is 1.52. The Balaban J connectivity index is 2.87. The summed E-state index contributed by atoms with van der Waals surface area (Å²) >= 11 is 0. The van der Waals surface area contributed by atoms with E-state index < -0.39 is 12.0 Å². The van der Waals surface area contributed by atoms with Gasteiger partial charge in [0.2, 0.25) is 0 Å². The second kappa shape index (κ2) is 4.28. The van der Waals surface area contributed by atoms with Gasteiger partial charge in [0.05, 0.1) is 11.3 Å². The summed E-state index contributed by atoms with van der Waals surface area (Å²) in [6.07, 6.45) is 0. The molecule has 14 heavy (non-hydrogen) atoms. The minimum atomic E-state index is -0.947. The van der Waals surface area contributed by atoms with Crippen molar-refractivity contribution < 1.29 is 9.90 Å². The molecule has 0 spiro atoms. The van der Waals surface area contributed by atoms with Crippen LogP contribution in [0.3, 0.4) is 0 Å². The number of para-hydroxylation sites is 1. The quantitative estimate of drug-likeness (QED) is 0.756. The first-order chi connectivity index (χ1) is 6.65. The minimum absolute atomic E-state index is 0.445. The number of nitrogens with one attached hydrogen (secondary N) is 1. The van der Waals surface area contributed by atoms with E-state index in [4.69, 9.17) is 10.4 Å². The molecule has 0 aliphatic heterocycles. The number of nitrogens with zero attached hydrogens (tertiary/aromatic N) is 1. The van der Waals surface area contributed by atoms with Crippen LogP contribution in [-0.4, -0.2) is 17.1 Å². The summed E-state index contributed by atoms with van der Waals surface area (Å²) in [4.78, 5) is 10.6. The fraction of sp³-hybridized carbons (Fsp3) is 0.200. The predicted molar refractivity (Wildman–Crippen MR) is 51.9 cm³/mol. The summed E-state index contributed by atoms with van der Waals surface area (Å²) in [5.41, 5.74) is 0.991. The summed E-state index contributed by atoms with van der Waals surface area (Å²) < 4.78 is 0.